The SMILES string of the molecule is CC1=C(C(=O)Nc2ccccc2)[C@H](c2ccccc2)C(C#N)=C(SCC(=O)Nc2nc3ccccc3s2)N1. The predicted octanol–water partition coefficient (Wildman–Crippen LogP) is 6.00. The topological polar surface area (TPSA) is 107 Å². The Balaban J connectivity index is 1.39. The van der Waals surface area contributed by atoms with Crippen molar-refractivity contribution >= 4 is 55.9 Å². The molecule has 4 aromatic rings. The number of amides is 2. The number of allylic oxidation sites excluding steroid dienone is 2. The number of hydrogen-bond acceptors (Lipinski definition) is 7. The molecule has 3 N–H and O–H groups in total. The molecule has 1 atom stereocenters. The maximum absolute atomic E-state index is 13.5. The lowest BCUT2D eigenvalue weighted by Gasteiger charge is -2.29. The lowest BCUT2D eigenvalue weighted by Crippen LogP contribution is -2.31. The number of carbonyl (C=O) groups is 2. The lowest BCUT2D eigenvalue weighted by molar-refractivity contribution is -0.114. The van der Waals surface area contributed by atoms with Crippen LogP contribution in [-0.2, 0) is 9.59 Å². The zero-order chi connectivity index (χ0) is 26.5. The standard InChI is InChI=1S/C29H23N5O2S2/c1-18-25(27(36)32-20-12-6-3-7-13-20)26(19-10-4-2-5-11-19)21(16-30)28(31-18)37-17-24(35)34-29-33-22-14-8-9-15-23(22)38-29/h2-15,26,31H,17H2,1H3,(H,32,36)(H,33,34,35)/t26-/m1/s1. The van der Waals surface area contributed by atoms with Gasteiger partial charge < -0.3 is 16.0 Å². The van der Waals surface area contributed by atoms with Gasteiger partial charge in [0, 0.05) is 17.0 Å². The number of dihydropyridines is 1. The summed E-state index contributed by atoms with van der Waals surface area (Å²) in [6.07, 6.45) is 0. The molecule has 0 spiro atoms. The van der Waals surface area contributed by atoms with Crippen molar-refractivity contribution in [3.05, 3.63) is 112 Å². The van der Waals surface area contributed by atoms with Crippen LogP contribution < -0.4 is 16.0 Å². The van der Waals surface area contributed by atoms with Crippen molar-refractivity contribution in [2.75, 3.05) is 16.4 Å². The molecule has 0 saturated heterocycles. The van der Waals surface area contributed by atoms with E-state index < -0.39 is 5.92 Å². The van der Waals surface area contributed by atoms with Crippen molar-refractivity contribution in [2.45, 2.75) is 12.8 Å². The molecular weight excluding hydrogens is 514 g/mol. The number of nitrogens with zero attached hydrogens (tertiary/aromatic N) is 2. The van der Waals surface area contributed by atoms with E-state index in [0.29, 0.717) is 32.7 Å². The second-order valence-corrected chi connectivity index (χ2v) is 10.5. The van der Waals surface area contributed by atoms with Gasteiger partial charge in [0.05, 0.1) is 38.6 Å². The van der Waals surface area contributed by atoms with E-state index >= 15 is 0 Å². The number of fused-ring (bicyclic) bond motifs is 1. The summed E-state index contributed by atoms with van der Waals surface area (Å²) in [6.45, 7) is 1.81. The summed E-state index contributed by atoms with van der Waals surface area (Å²) in [4.78, 5) is 30.7. The molecule has 0 unspecified atom stereocenters. The Kier molecular flexibility index (Phi) is 7.54. The first-order valence-corrected chi connectivity index (χ1v) is 13.7. The van der Waals surface area contributed by atoms with Crippen LogP contribution in [0.1, 0.15) is 18.4 Å². The van der Waals surface area contributed by atoms with E-state index in [1.807, 2.05) is 91.9 Å². The number of carbonyl (C=O) groups excluding carboxylic acids is 2. The van der Waals surface area contributed by atoms with Crippen LogP contribution in [0, 0.1) is 11.3 Å². The minimum Gasteiger partial charge on any atom is -0.353 e. The van der Waals surface area contributed by atoms with Gasteiger partial charge in [-0.05, 0) is 36.8 Å². The largest absolute Gasteiger partial charge is 0.353 e. The van der Waals surface area contributed by atoms with Gasteiger partial charge >= 0.3 is 0 Å². The van der Waals surface area contributed by atoms with E-state index in [0.717, 1.165) is 15.8 Å². The van der Waals surface area contributed by atoms with Gasteiger partial charge in [-0.15, -0.1) is 0 Å². The number of nitriles is 1. The highest BCUT2D eigenvalue weighted by Gasteiger charge is 2.34. The lowest BCUT2D eigenvalue weighted by atomic mass is 9.82. The first-order chi connectivity index (χ1) is 18.5. The molecule has 188 valence electrons. The number of thioether (sulfide) groups is 1. The Labute approximate surface area is 228 Å². The summed E-state index contributed by atoms with van der Waals surface area (Å²) in [7, 11) is 0. The molecule has 7 nitrogen and oxygen atoms in total. The zero-order valence-corrected chi connectivity index (χ0v) is 22.0. The third-order valence-corrected chi connectivity index (χ3v) is 7.91. The molecular formula is C29H23N5O2S2. The third kappa shape index (κ3) is 5.47. The van der Waals surface area contributed by atoms with Crippen LogP contribution >= 0.6 is 23.1 Å². The highest BCUT2D eigenvalue weighted by atomic mass is 32.2. The molecule has 5 rings (SSSR count). The fourth-order valence-electron chi connectivity index (χ4n) is 4.24. The van der Waals surface area contributed by atoms with E-state index in [1.54, 1.807) is 0 Å². The van der Waals surface area contributed by atoms with E-state index in [4.69, 9.17) is 0 Å². The molecule has 1 aliphatic rings. The van der Waals surface area contributed by atoms with Gasteiger partial charge in [-0.1, -0.05) is 83.8 Å². The number of rotatable bonds is 7. The van der Waals surface area contributed by atoms with Crippen molar-refractivity contribution < 1.29 is 9.59 Å². The predicted molar refractivity (Wildman–Crippen MR) is 153 cm³/mol. The zero-order valence-electron chi connectivity index (χ0n) is 20.4. The Morgan fingerprint density at radius 3 is 2.39 bits per heavy atom. The minimum absolute atomic E-state index is 0.0732. The van der Waals surface area contributed by atoms with Crippen LogP contribution in [0.3, 0.4) is 0 Å². The summed E-state index contributed by atoms with van der Waals surface area (Å²) < 4.78 is 0.992. The molecule has 0 bridgehead atoms. The van der Waals surface area contributed by atoms with Crippen molar-refractivity contribution in [2.24, 2.45) is 0 Å². The molecule has 0 fully saturated rings. The van der Waals surface area contributed by atoms with Crippen LogP contribution in [0.4, 0.5) is 10.8 Å². The van der Waals surface area contributed by atoms with Crippen LogP contribution in [0.5, 0.6) is 0 Å². The van der Waals surface area contributed by atoms with Crippen LogP contribution in [-0.4, -0.2) is 22.6 Å². The maximum Gasteiger partial charge on any atom is 0.254 e. The minimum atomic E-state index is -0.582. The maximum atomic E-state index is 13.5. The number of para-hydroxylation sites is 2. The van der Waals surface area contributed by atoms with E-state index in [9.17, 15) is 14.9 Å². The molecule has 0 saturated carbocycles. The van der Waals surface area contributed by atoms with Gasteiger partial charge in [0.25, 0.3) is 5.91 Å². The molecule has 9 heteroatoms. The van der Waals surface area contributed by atoms with Crippen molar-refractivity contribution in [1.82, 2.24) is 10.3 Å². The Bertz CT molecular complexity index is 1570. The Morgan fingerprint density at radius 2 is 1.68 bits per heavy atom. The molecule has 3 aromatic carbocycles. The first-order valence-electron chi connectivity index (χ1n) is 11.8. The van der Waals surface area contributed by atoms with Crippen LogP contribution in [0.2, 0.25) is 0 Å². The number of hydrogen-bond donors (Lipinski definition) is 3. The van der Waals surface area contributed by atoms with Gasteiger partial charge in [0.15, 0.2) is 5.13 Å². The molecule has 1 aliphatic heterocycles. The average molecular weight is 538 g/mol. The highest BCUT2D eigenvalue weighted by molar-refractivity contribution is 8.03. The third-order valence-electron chi connectivity index (χ3n) is 5.94. The quantitative estimate of drug-likeness (QED) is 0.267. The molecule has 0 radical (unpaired) electrons. The fourth-order valence-corrected chi connectivity index (χ4v) is 6.02. The Hall–Kier alpha value is -4.39. The van der Waals surface area contributed by atoms with Crippen molar-refractivity contribution in [3.63, 3.8) is 0 Å². The van der Waals surface area contributed by atoms with Crippen molar-refractivity contribution in [3.8, 4) is 6.07 Å². The monoisotopic (exact) mass is 537 g/mol. The van der Waals surface area contributed by atoms with Gasteiger partial charge in [0.2, 0.25) is 5.91 Å². The summed E-state index contributed by atoms with van der Waals surface area (Å²) in [6, 6.07) is 28.6. The molecule has 1 aromatic heterocycles. The number of aromatic nitrogens is 1. The number of anilines is 2. The second-order valence-electron chi connectivity index (χ2n) is 8.51. The number of thiazole rings is 1. The van der Waals surface area contributed by atoms with Crippen LogP contribution in [0.25, 0.3) is 10.2 Å². The van der Waals surface area contributed by atoms with Crippen molar-refractivity contribution in [1.29, 1.82) is 5.26 Å². The smallest absolute Gasteiger partial charge is 0.254 e. The molecule has 38 heavy (non-hydrogen) atoms. The summed E-state index contributed by atoms with van der Waals surface area (Å²) >= 11 is 2.64. The number of nitrogens with one attached hydrogen (secondary N) is 3. The fraction of sp³-hybridized carbons (Fsp3) is 0.103. The van der Waals surface area contributed by atoms with Crippen LogP contribution in [0.15, 0.2) is 107 Å². The first kappa shape index (κ1) is 25.3. The average Bonchev–Trinajstić information content (AvgIpc) is 3.34. The van der Waals surface area contributed by atoms with Gasteiger partial charge in [-0.3, -0.25) is 9.59 Å². The Morgan fingerprint density at radius 1 is 1.00 bits per heavy atom. The van der Waals surface area contributed by atoms with E-state index in [1.165, 1.54) is 23.1 Å². The number of benzene rings is 3. The normalized spacial score (nSPS) is 15.1. The van der Waals surface area contributed by atoms with Gasteiger partial charge in [-0.2, -0.15) is 5.26 Å². The van der Waals surface area contributed by atoms with Gasteiger partial charge in [-0.25, -0.2) is 4.98 Å². The van der Waals surface area contributed by atoms with Gasteiger partial charge in [0.1, 0.15) is 0 Å². The summed E-state index contributed by atoms with van der Waals surface area (Å²) in [5.41, 5.74) is 3.79. The summed E-state index contributed by atoms with van der Waals surface area (Å²) in [5, 5.41) is 20.3. The molecule has 0 aliphatic carbocycles. The van der Waals surface area contributed by atoms with E-state index in [-0.39, 0.29) is 17.6 Å². The molecule has 2 amide bonds. The second kappa shape index (κ2) is 11.3. The highest BCUT2D eigenvalue weighted by Crippen LogP contribution is 2.41. The molecule has 2 heterocycles. The van der Waals surface area contributed by atoms with E-state index in [2.05, 4.69) is 27.0 Å². The summed E-state index contributed by atoms with van der Waals surface area (Å²) in [5.74, 6) is -1.03.